The minimum atomic E-state index is -0.595. The van der Waals surface area contributed by atoms with E-state index in [0.29, 0.717) is 18.0 Å². The molecule has 0 aliphatic rings. The molecule has 0 bridgehead atoms. The number of aromatic nitrogens is 2. The minimum Gasteiger partial charge on any atom is -0.497 e. The molecular weight excluding hydrogens is 356 g/mol. The third-order valence-corrected chi connectivity index (χ3v) is 3.68. The Morgan fingerprint density at radius 2 is 1.78 bits per heavy atom. The maximum Gasteiger partial charge on any atom is 0.219 e. The van der Waals surface area contributed by atoms with Gasteiger partial charge in [0.2, 0.25) is 5.88 Å². The third kappa shape index (κ3) is 4.60. The summed E-state index contributed by atoms with van der Waals surface area (Å²) in [5.74, 6) is 0.551. The van der Waals surface area contributed by atoms with Crippen LogP contribution in [0.25, 0.3) is 0 Å². The van der Waals surface area contributed by atoms with Crippen molar-refractivity contribution in [1.82, 2.24) is 9.97 Å². The third-order valence-electron chi connectivity index (χ3n) is 3.68. The maximum atomic E-state index is 14.3. The van der Waals surface area contributed by atoms with Gasteiger partial charge in [0, 0.05) is 30.3 Å². The van der Waals surface area contributed by atoms with Crippen LogP contribution in [0, 0.1) is 11.6 Å². The van der Waals surface area contributed by atoms with Crippen LogP contribution in [0.1, 0.15) is 5.56 Å². The summed E-state index contributed by atoms with van der Waals surface area (Å²) in [5, 5.41) is 2.91. The first-order valence-electron chi connectivity index (χ1n) is 7.99. The van der Waals surface area contributed by atoms with Gasteiger partial charge >= 0.3 is 0 Å². The lowest BCUT2D eigenvalue weighted by Crippen LogP contribution is -2.05. The molecular formula is C19H17F2N3O3. The summed E-state index contributed by atoms with van der Waals surface area (Å²) in [7, 11) is 3.11. The Morgan fingerprint density at radius 1 is 0.926 bits per heavy atom. The average Bonchev–Trinajstić information content (AvgIpc) is 2.69. The molecule has 0 fully saturated rings. The van der Waals surface area contributed by atoms with Gasteiger partial charge in [0.05, 0.1) is 26.6 Å². The fourth-order valence-corrected chi connectivity index (χ4v) is 2.33. The molecule has 2 aromatic heterocycles. The standard InChI is InChI=1S/C19H17F2N3O3/c1-25-14-5-3-12(17(8-14)26-2)9-23-19-16(21)7-15(11-24-19)27-18-6-4-13(20)10-22-18/h3-8,10-11H,9H2,1-2H3,(H,23,24). The van der Waals surface area contributed by atoms with Gasteiger partial charge in [-0.1, -0.05) is 0 Å². The van der Waals surface area contributed by atoms with E-state index < -0.39 is 11.6 Å². The van der Waals surface area contributed by atoms with Gasteiger partial charge in [0.1, 0.15) is 17.3 Å². The normalized spacial score (nSPS) is 10.4. The van der Waals surface area contributed by atoms with Gasteiger partial charge in [0.15, 0.2) is 17.4 Å². The Bertz CT molecular complexity index is 921. The first-order valence-corrected chi connectivity index (χ1v) is 7.99. The van der Waals surface area contributed by atoms with Crippen molar-refractivity contribution in [3.63, 3.8) is 0 Å². The van der Waals surface area contributed by atoms with Crippen molar-refractivity contribution in [3.05, 3.63) is 66.0 Å². The van der Waals surface area contributed by atoms with E-state index in [-0.39, 0.29) is 17.4 Å². The molecule has 0 radical (unpaired) electrons. The molecule has 1 N–H and O–H groups in total. The maximum absolute atomic E-state index is 14.3. The zero-order valence-corrected chi connectivity index (χ0v) is 14.7. The molecule has 0 aliphatic heterocycles. The highest BCUT2D eigenvalue weighted by Gasteiger charge is 2.10. The number of ether oxygens (including phenoxy) is 3. The Balaban J connectivity index is 1.68. The molecule has 0 aliphatic carbocycles. The van der Waals surface area contributed by atoms with Gasteiger partial charge in [-0.25, -0.2) is 18.7 Å². The van der Waals surface area contributed by atoms with E-state index >= 15 is 0 Å². The van der Waals surface area contributed by atoms with Gasteiger partial charge in [-0.05, 0) is 18.2 Å². The number of methoxy groups -OCH3 is 2. The van der Waals surface area contributed by atoms with Crippen molar-refractivity contribution >= 4 is 5.82 Å². The van der Waals surface area contributed by atoms with E-state index in [4.69, 9.17) is 14.2 Å². The molecule has 0 unspecified atom stereocenters. The Hall–Kier alpha value is -3.42. The van der Waals surface area contributed by atoms with Crippen LogP contribution < -0.4 is 19.5 Å². The molecule has 0 saturated heterocycles. The lowest BCUT2D eigenvalue weighted by atomic mass is 10.2. The number of hydrogen-bond donors (Lipinski definition) is 1. The SMILES string of the molecule is COc1ccc(CNc2ncc(Oc3ccc(F)cn3)cc2F)c(OC)c1. The average molecular weight is 373 g/mol. The van der Waals surface area contributed by atoms with Crippen molar-refractivity contribution in [3.8, 4) is 23.1 Å². The summed E-state index contributed by atoms with van der Waals surface area (Å²) in [4.78, 5) is 7.77. The molecule has 8 heteroatoms. The van der Waals surface area contributed by atoms with Gasteiger partial charge in [0.25, 0.3) is 0 Å². The van der Waals surface area contributed by atoms with Gasteiger partial charge in [-0.15, -0.1) is 0 Å². The molecule has 0 spiro atoms. The second kappa shape index (κ2) is 8.31. The topological polar surface area (TPSA) is 65.5 Å². The number of pyridine rings is 2. The number of nitrogens with zero attached hydrogens (tertiary/aromatic N) is 2. The summed E-state index contributed by atoms with van der Waals surface area (Å²) >= 11 is 0. The van der Waals surface area contributed by atoms with Crippen molar-refractivity contribution in [2.45, 2.75) is 6.54 Å². The minimum absolute atomic E-state index is 0.0623. The van der Waals surface area contributed by atoms with Crippen LogP contribution in [0.3, 0.4) is 0 Å². The van der Waals surface area contributed by atoms with Gasteiger partial charge in [-0.2, -0.15) is 0 Å². The molecule has 1 aromatic carbocycles. The number of rotatable bonds is 7. The summed E-state index contributed by atoms with van der Waals surface area (Å²) in [6.07, 6.45) is 2.36. The van der Waals surface area contributed by atoms with Gasteiger partial charge in [-0.3, -0.25) is 0 Å². The lowest BCUT2D eigenvalue weighted by Gasteiger charge is -2.12. The highest BCUT2D eigenvalue weighted by Crippen LogP contribution is 2.26. The van der Waals surface area contributed by atoms with Crippen molar-refractivity contribution in [2.24, 2.45) is 0 Å². The van der Waals surface area contributed by atoms with Crippen molar-refractivity contribution < 1.29 is 23.0 Å². The molecule has 27 heavy (non-hydrogen) atoms. The fourth-order valence-electron chi connectivity index (χ4n) is 2.33. The Labute approximate surface area is 154 Å². The zero-order chi connectivity index (χ0) is 19.2. The van der Waals surface area contributed by atoms with E-state index in [0.717, 1.165) is 11.8 Å². The molecule has 0 saturated carbocycles. The van der Waals surface area contributed by atoms with E-state index in [1.54, 1.807) is 26.4 Å². The second-order valence-electron chi connectivity index (χ2n) is 5.45. The highest BCUT2D eigenvalue weighted by atomic mass is 19.1. The zero-order valence-electron chi connectivity index (χ0n) is 14.7. The molecule has 6 nitrogen and oxygen atoms in total. The quantitative estimate of drug-likeness (QED) is 0.670. The van der Waals surface area contributed by atoms with Crippen molar-refractivity contribution in [1.29, 1.82) is 0 Å². The predicted molar refractivity (Wildman–Crippen MR) is 95.3 cm³/mol. The number of anilines is 1. The van der Waals surface area contributed by atoms with Crippen LogP contribution >= 0.6 is 0 Å². The summed E-state index contributed by atoms with van der Waals surface area (Å²) < 4.78 is 42.9. The van der Waals surface area contributed by atoms with E-state index in [1.165, 1.54) is 24.4 Å². The van der Waals surface area contributed by atoms with Crippen LogP contribution in [-0.4, -0.2) is 24.2 Å². The molecule has 0 atom stereocenters. The van der Waals surface area contributed by atoms with Crippen LogP contribution in [-0.2, 0) is 6.54 Å². The van der Waals surface area contributed by atoms with E-state index in [9.17, 15) is 8.78 Å². The van der Waals surface area contributed by atoms with Crippen LogP contribution in [0.4, 0.5) is 14.6 Å². The molecule has 3 aromatic rings. The summed E-state index contributed by atoms with van der Waals surface area (Å²) in [6, 6.07) is 9.06. The predicted octanol–water partition coefficient (Wildman–Crippen LogP) is 4.18. The van der Waals surface area contributed by atoms with Gasteiger partial charge < -0.3 is 19.5 Å². The lowest BCUT2D eigenvalue weighted by molar-refractivity contribution is 0.391. The Morgan fingerprint density at radius 3 is 2.44 bits per heavy atom. The molecule has 3 rings (SSSR count). The first kappa shape index (κ1) is 18.4. The number of hydrogen-bond acceptors (Lipinski definition) is 6. The van der Waals surface area contributed by atoms with Crippen LogP contribution in [0.5, 0.6) is 23.1 Å². The number of nitrogens with one attached hydrogen (secondary N) is 1. The molecule has 140 valence electrons. The van der Waals surface area contributed by atoms with Crippen molar-refractivity contribution in [2.75, 3.05) is 19.5 Å². The fraction of sp³-hybridized carbons (Fsp3) is 0.158. The second-order valence-corrected chi connectivity index (χ2v) is 5.45. The van der Waals surface area contributed by atoms with Crippen LogP contribution in [0.15, 0.2) is 48.8 Å². The van der Waals surface area contributed by atoms with E-state index in [2.05, 4.69) is 15.3 Å². The molecule has 0 amide bonds. The Kier molecular flexibility index (Phi) is 5.65. The monoisotopic (exact) mass is 373 g/mol. The van der Waals surface area contributed by atoms with E-state index in [1.807, 2.05) is 6.07 Å². The summed E-state index contributed by atoms with van der Waals surface area (Å²) in [6.45, 7) is 0.302. The van der Waals surface area contributed by atoms with Crippen LogP contribution in [0.2, 0.25) is 0 Å². The number of benzene rings is 1. The first-order chi connectivity index (χ1) is 13.1. The molecule has 2 heterocycles. The smallest absolute Gasteiger partial charge is 0.219 e. The summed E-state index contributed by atoms with van der Waals surface area (Å²) in [5.41, 5.74) is 0.815. The highest BCUT2D eigenvalue weighted by molar-refractivity contribution is 5.45. The number of halogens is 2. The largest absolute Gasteiger partial charge is 0.497 e.